The van der Waals surface area contributed by atoms with E-state index in [1.54, 1.807) is 6.20 Å². The van der Waals surface area contributed by atoms with Crippen LogP contribution in [0.2, 0.25) is 0 Å². The van der Waals surface area contributed by atoms with Crippen molar-refractivity contribution in [3.63, 3.8) is 0 Å². The highest BCUT2D eigenvalue weighted by atomic mass is 16.5. The number of hydrogen-bond donors (Lipinski definition) is 1. The first-order valence-corrected chi connectivity index (χ1v) is 4.66. The van der Waals surface area contributed by atoms with E-state index in [0.29, 0.717) is 31.4 Å². The Morgan fingerprint density at radius 1 is 1.43 bits per heavy atom. The molecule has 1 rings (SSSR count). The molecule has 0 saturated heterocycles. The Bertz CT molecular complexity index is 289. The largest absolute Gasteiger partial charge is 0.475 e. The fourth-order valence-corrected chi connectivity index (χ4v) is 0.969. The quantitative estimate of drug-likeness (QED) is 0.723. The van der Waals surface area contributed by atoms with Crippen molar-refractivity contribution >= 4 is 5.69 Å². The van der Waals surface area contributed by atoms with Crippen LogP contribution in [0.1, 0.15) is 12.5 Å². The van der Waals surface area contributed by atoms with Crippen molar-refractivity contribution in [2.75, 3.05) is 25.6 Å². The highest BCUT2D eigenvalue weighted by molar-refractivity contribution is 5.45. The summed E-state index contributed by atoms with van der Waals surface area (Å²) in [6.07, 6.45) is 1.60. The van der Waals surface area contributed by atoms with E-state index in [1.165, 1.54) is 0 Å². The molecular weight excluding hydrogens is 180 g/mol. The Hall–Kier alpha value is -1.29. The van der Waals surface area contributed by atoms with Gasteiger partial charge in [-0.25, -0.2) is 4.98 Å². The maximum atomic E-state index is 5.62. The standard InChI is InChI=1S/C10H16N2O2/c1-3-13-4-5-14-10-6-8(2)9(11)7-12-10/h6-7H,3-5,11H2,1-2H3. The molecule has 4 heteroatoms. The summed E-state index contributed by atoms with van der Waals surface area (Å²) in [4.78, 5) is 4.03. The number of rotatable bonds is 5. The molecule has 0 saturated carbocycles. The molecule has 0 aromatic carbocycles. The van der Waals surface area contributed by atoms with E-state index in [4.69, 9.17) is 15.2 Å². The molecule has 0 aliphatic heterocycles. The number of ether oxygens (including phenoxy) is 2. The molecule has 0 fully saturated rings. The van der Waals surface area contributed by atoms with Crippen molar-refractivity contribution in [1.29, 1.82) is 0 Å². The molecule has 0 atom stereocenters. The fourth-order valence-electron chi connectivity index (χ4n) is 0.969. The van der Waals surface area contributed by atoms with Crippen molar-refractivity contribution < 1.29 is 9.47 Å². The van der Waals surface area contributed by atoms with E-state index in [-0.39, 0.29) is 0 Å². The summed E-state index contributed by atoms with van der Waals surface area (Å²) in [5.74, 6) is 0.594. The van der Waals surface area contributed by atoms with E-state index in [0.717, 1.165) is 5.56 Å². The summed E-state index contributed by atoms with van der Waals surface area (Å²) in [6.45, 7) is 5.68. The highest BCUT2D eigenvalue weighted by Crippen LogP contribution is 2.14. The lowest BCUT2D eigenvalue weighted by Gasteiger charge is -2.06. The lowest BCUT2D eigenvalue weighted by atomic mass is 10.2. The van der Waals surface area contributed by atoms with Gasteiger partial charge < -0.3 is 15.2 Å². The van der Waals surface area contributed by atoms with Gasteiger partial charge in [0.15, 0.2) is 0 Å². The van der Waals surface area contributed by atoms with Crippen molar-refractivity contribution in [3.05, 3.63) is 17.8 Å². The number of nitrogens with zero attached hydrogens (tertiary/aromatic N) is 1. The average molecular weight is 196 g/mol. The average Bonchev–Trinajstić information content (AvgIpc) is 2.18. The monoisotopic (exact) mass is 196 g/mol. The van der Waals surface area contributed by atoms with Crippen LogP contribution < -0.4 is 10.5 Å². The van der Waals surface area contributed by atoms with E-state index in [1.807, 2.05) is 19.9 Å². The molecule has 1 aromatic rings. The number of hydrogen-bond acceptors (Lipinski definition) is 4. The minimum absolute atomic E-state index is 0.518. The SMILES string of the molecule is CCOCCOc1cc(C)c(N)cn1. The summed E-state index contributed by atoms with van der Waals surface area (Å²) in [5.41, 5.74) is 7.28. The molecule has 0 spiro atoms. The van der Waals surface area contributed by atoms with Gasteiger partial charge in [0.1, 0.15) is 6.61 Å². The molecule has 0 amide bonds. The van der Waals surface area contributed by atoms with Crippen LogP contribution >= 0.6 is 0 Å². The normalized spacial score (nSPS) is 10.1. The zero-order valence-corrected chi connectivity index (χ0v) is 8.62. The lowest BCUT2D eigenvalue weighted by Crippen LogP contribution is -2.07. The summed E-state index contributed by atoms with van der Waals surface area (Å²) < 4.78 is 10.5. The van der Waals surface area contributed by atoms with Crippen LogP contribution in [-0.2, 0) is 4.74 Å². The molecule has 2 N–H and O–H groups in total. The molecular formula is C10H16N2O2. The van der Waals surface area contributed by atoms with Gasteiger partial charge in [0.05, 0.1) is 18.5 Å². The fraction of sp³-hybridized carbons (Fsp3) is 0.500. The molecule has 1 aromatic heterocycles. The van der Waals surface area contributed by atoms with Gasteiger partial charge in [0.2, 0.25) is 5.88 Å². The van der Waals surface area contributed by atoms with Crippen LogP contribution in [-0.4, -0.2) is 24.8 Å². The zero-order valence-electron chi connectivity index (χ0n) is 8.62. The third-order valence-electron chi connectivity index (χ3n) is 1.81. The molecule has 14 heavy (non-hydrogen) atoms. The predicted molar refractivity (Wildman–Crippen MR) is 55.4 cm³/mol. The van der Waals surface area contributed by atoms with Crippen LogP contribution in [0.3, 0.4) is 0 Å². The van der Waals surface area contributed by atoms with Gasteiger partial charge in [0.25, 0.3) is 0 Å². The second-order valence-electron chi connectivity index (χ2n) is 2.92. The van der Waals surface area contributed by atoms with Gasteiger partial charge >= 0.3 is 0 Å². The van der Waals surface area contributed by atoms with Gasteiger partial charge in [-0.2, -0.15) is 0 Å². The second-order valence-corrected chi connectivity index (χ2v) is 2.92. The number of aromatic nitrogens is 1. The molecule has 0 aliphatic rings. The summed E-state index contributed by atoms with van der Waals surface area (Å²) >= 11 is 0. The van der Waals surface area contributed by atoms with Gasteiger partial charge in [-0.1, -0.05) is 0 Å². The Morgan fingerprint density at radius 3 is 2.86 bits per heavy atom. The number of anilines is 1. The van der Waals surface area contributed by atoms with E-state index >= 15 is 0 Å². The predicted octanol–water partition coefficient (Wildman–Crippen LogP) is 1.39. The maximum Gasteiger partial charge on any atom is 0.213 e. The summed E-state index contributed by atoms with van der Waals surface area (Å²) in [5, 5.41) is 0. The minimum atomic E-state index is 0.518. The molecule has 0 unspecified atom stereocenters. The van der Waals surface area contributed by atoms with Gasteiger partial charge in [0, 0.05) is 12.7 Å². The topological polar surface area (TPSA) is 57.4 Å². The van der Waals surface area contributed by atoms with Gasteiger partial charge in [-0.3, -0.25) is 0 Å². The second kappa shape index (κ2) is 5.44. The highest BCUT2D eigenvalue weighted by Gasteiger charge is 1.98. The first kappa shape index (κ1) is 10.8. The van der Waals surface area contributed by atoms with Crippen LogP contribution in [0, 0.1) is 6.92 Å². The Labute approximate surface area is 84.0 Å². The Kier molecular flexibility index (Phi) is 4.19. The van der Waals surface area contributed by atoms with E-state index in [9.17, 15) is 0 Å². The molecule has 0 aliphatic carbocycles. The minimum Gasteiger partial charge on any atom is -0.475 e. The Balaban J connectivity index is 2.39. The number of pyridine rings is 1. The van der Waals surface area contributed by atoms with Crippen molar-refractivity contribution in [1.82, 2.24) is 4.98 Å². The van der Waals surface area contributed by atoms with Crippen LogP contribution in [0.25, 0.3) is 0 Å². The zero-order chi connectivity index (χ0) is 10.4. The molecule has 0 bridgehead atoms. The van der Waals surface area contributed by atoms with Crippen LogP contribution in [0.4, 0.5) is 5.69 Å². The van der Waals surface area contributed by atoms with E-state index < -0.39 is 0 Å². The third kappa shape index (κ3) is 3.22. The Morgan fingerprint density at radius 2 is 2.21 bits per heavy atom. The number of nitrogen functional groups attached to an aromatic ring is 1. The number of nitrogens with two attached hydrogens (primary N) is 1. The van der Waals surface area contributed by atoms with Crippen molar-refractivity contribution in [2.45, 2.75) is 13.8 Å². The van der Waals surface area contributed by atoms with Crippen molar-refractivity contribution in [3.8, 4) is 5.88 Å². The maximum absolute atomic E-state index is 5.62. The molecule has 0 radical (unpaired) electrons. The number of aryl methyl sites for hydroxylation is 1. The van der Waals surface area contributed by atoms with Crippen LogP contribution in [0.15, 0.2) is 12.3 Å². The summed E-state index contributed by atoms with van der Waals surface area (Å²) in [7, 11) is 0. The molecule has 78 valence electrons. The van der Waals surface area contributed by atoms with E-state index in [2.05, 4.69) is 4.98 Å². The van der Waals surface area contributed by atoms with Crippen molar-refractivity contribution in [2.24, 2.45) is 0 Å². The molecule has 1 heterocycles. The first-order valence-electron chi connectivity index (χ1n) is 4.66. The summed E-state index contributed by atoms with van der Waals surface area (Å²) in [6, 6.07) is 1.82. The van der Waals surface area contributed by atoms with Gasteiger partial charge in [-0.15, -0.1) is 0 Å². The van der Waals surface area contributed by atoms with Crippen LogP contribution in [0.5, 0.6) is 5.88 Å². The van der Waals surface area contributed by atoms with Gasteiger partial charge in [-0.05, 0) is 19.4 Å². The smallest absolute Gasteiger partial charge is 0.213 e. The third-order valence-corrected chi connectivity index (χ3v) is 1.81. The molecule has 4 nitrogen and oxygen atoms in total. The lowest BCUT2D eigenvalue weighted by molar-refractivity contribution is 0.108. The first-order chi connectivity index (χ1) is 6.74.